The number of rotatable bonds is 6. The van der Waals surface area contributed by atoms with Gasteiger partial charge in [0.15, 0.2) is 16.6 Å². The van der Waals surface area contributed by atoms with Gasteiger partial charge < -0.3 is 19.7 Å². The third kappa shape index (κ3) is 3.67. The highest BCUT2D eigenvalue weighted by atomic mass is 32.1. The number of phenols is 1. The number of Topliss-reactive ketones (excluding diaryl/α,β-unsaturated/α-hetero) is 1. The summed E-state index contributed by atoms with van der Waals surface area (Å²) in [5.74, 6) is -1.36. The molecule has 2 aromatic carbocycles. The van der Waals surface area contributed by atoms with Gasteiger partial charge in [-0.1, -0.05) is 18.2 Å². The summed E-state index contributed by atoms with van der Waals surface area (Å²) in [7, 11) is 1.49. The topological polar surface area (TPSA) is 109 Å². The van der Waals surface area contributed by atoms with Gasteiger partial charge in [-0.05, 0) is 36.8 Å². The molecule has 0 saturated carbocycles. The number of phenolic OH excluding ortho intramolecular Hbond substituents is 1. The molecule has 3 aromatic rings. The molecule has 32 heavy (non-hydrogen) atoms. The quantitative estimate of drug-likeness (QED) is 0.332. The largest absolute Gasteiger partial charge is 0.507 e. The number of carbonyl (C=O) groups is 2. The predicted molar refractivity (Wildman–Crippen MR) is 119 cm³/mol. The van der Waals surface area contributed by atoms with Crippen molar-refractivity contribution in [3.63, 3.8) is 0 Å². The van der Waals surface area contributed by atoms with Crippen LogP contribution in [0.25, 0.3) is 5.76 Å². The molecule has 1 unspecified atom stereocenters. The molecule has 2 heterocycles. The van der Waals surface area contributed by atoms with Gasteiger partial charge in [-0.15, -0.1) is 11.3 Å². The molecule has 1 amide bonds. The van der Waals surface area contributed by atoms with Crippen molar-refractivity contribution in [3.05, 3.63) is 70.7 Å². The van der Waals surface area contributed by atoms with E-state index in [1.165, 1.54) is 35.6 Å². The first kappa shape index (κ1) is 21.4. The van der Waals surface area contributed by atoms with Gasteiger partial charge in [0.1, 0.15) is 11.5 Å². The maximum Gasteiger partial charge on any atom is 0.301 e. The zero-order valence-corrected chi connectivity index (χ0v) is 18.1. The number of aromatic nitrogens is 1. The number of aliphatic hydroxyl groups is 1. The highest BCUT2D eigenvalue weighted by Crippen LogP contribution is 2.44. The van der Waals surface area contributed by atoms with Crippen LogP contribution in [-0.4, -0.2) is 40.6 Å². The van der Waals surface area contributed by atoms with Crippen molar-refractivity contribution in [1.29, 1.82) is 0 Å². The summed E-state index contributed by atoms with van der Waals surface area (Å²) in [4.78, 5) is 31.6. The van der Waals surface area contributed by atoms with E-state index in [4.69, 9.17) is 9.47 Å². The fourth-order valence-electron chi connectivity index (χ4n) is 3.58. The van der Waals surface area contributed by atoms with E-state index in [0.717, 1.165) is 0 Å². The maximum atomic E-state index is 13.1. The van der Waals surface area contributed by atoms with Crippen LogP contribution in [0, 0.1) is 0 Å². The molecule has 164 valence electrons. The number of nitrogens with zero attached hydrogens (tertiary/aromatic N) is 2. The number of hydrogen-bond acceptors (Lipinski definition) is 8. The Kier molecular flexibility index (Phi) is 5.83. The van der Waals surface area contributed by atoms with E-state index in [0.29, 0.717) is 28.6 Å². The molecule has 1 fully saturated rings. The Morgan fingerprint density at radius 1 is 1.22 bits per heavy atom. The second kappa shape index (κ2) is 8.72. The SMILES string of the molecule is CCOc1cc(C2/C(=C(\O)c3cccc(OC)c3)C(=O)C(=O)N2c2nccs2)ccc1O. The predicted octanol–water partition coefficient (Wildman–Crippen LogP) is 3.88. The molecular weight excluding hydrogens is 432 g/mol. The number of ether oxygens (including phenoxy) is 2. The standard InChI is InChI=1S/C23H20N2O6S/c1-3-31-17-12-13(7-8-16(17)26)19-18(20(27)14-5-4-6-15(11-14)30-2)21(28)22(29)25(19)23-24-9-10-32-23/h4-12,19,26-27H,3H2,1-2H3/b20-18+. The van der Waals surface area contributed by atoms with Gasteiger partial charge in [0.25, 0.3) is 5.78 Å². The van der Waals surface area contributed by atoms with Crippen LogP contribution in [0.3, 0.4) is 0 Å². The number of thiazole rings is 1. The maximum absolute atomic E-state index is 13.1. The van der Waals surface area contributed by atoms with Crippen molar-refractivity contribution in [2.75, 3.05) is 18.6 Å². The zero-order valence-electron chi connectivity index (χ0n) is 17.3. The first-order valence-corrected chi connectivity index (χ1v) is 10.6. The Hall–Kier alpha value is -3.85. The van der Waals surface area contributed by atoms with Crippen LogP contribution in [0.4, 0.5) is 5.13 Å². The number of amides is 1. The minimum absolute atomic E-state index is 0.0744. The summed E-state index contributed by atoms with van der Waals surface area (Å²) in [6.45, 7) is 2.09. The van der Waals surface area contributed by atoms with E-state index in [9.17, 15) is 19.8 Å². The zero-order chi connectivity index (χ0) is 22.8. The number of benzene rings is 2. The minimum Gasteiger partial charge on any atom is -0.507 e. The van der Waals surface area contributed by atoms with Gasteiger partial charge in [0.05, 0.1) is 25.3 Å². The van der Waals surface area contributed by atoms with Crippen LogP contribution < -0.4 is 14.4 Å². The molecule has 2 N–H and O–H groups in total. The monoisotopic (exact) mass is 452 g/mol. The second-order valence-corrected chi connectivity index (χ2v) is 7.75. The molecular formula is C23H20N2O6S. The lowest BCUT2D eigenvalue weighted by Gasteiger charge is -2.23. The fraction of sp³-hybridized carbons (Fsp3) is 0.174. The number of aromatic hydroxyl groups is 1. The normalized spacial score (nSPS) is 17.6. The number of methoxy groups -OCH3 is 1. The first-order valence-electron chi connectivity index (χ1n) is 9.76. The average Bonchev–Trinajstić information content (AvgIpc) is 3.42. The summed E-state index contributed by atoms with van der Waals surface area (Å²) >= 11 is 1.19. The van der Waals surface area contributed by atoms with Crippen molar-refractivity contribution in [1.82, 2.24) is 4.98 Å². The van der Waals surface area contributed by atoms with E-state index in [-0.39, 0.29) is 22.8 Å². The van der Waals surface area contributed by atoms with Crippen LogP contribution >= 0.6 is 11.3 Å². The van der Waals surface area contributed by atoms with Gasteiger partial charge in [-0.3, -0.25) is 14.5 Å². The molecule has 8 nitrogen and oxygen atoms in total. The van der Waals surface area contributed by atoms with Crippen molar-refractivity contribution < 1.29 is 29.3 Å². The van der Waals surface area contributed by atoms with E-state index in [1.54, 1.807) is 48.7 Å². The molecule has 0 radical (unpaired) electrons. The molecule has 4 rings (SSSR count). The summed E-state index contributed by atoms with van der Waals surface area (Å²) in [5.41, 5.74) is 0.715. The molecule has 1 saturated heterocycles. The Morgan fingerprint density at radius 2 is 2.03 bits per heavy atom. The van der Waals surface area contributed by atoms with Crippen molar-refractivity contribution >= 4 is 33.9 Å². The van der Waals surface area contributed by atoms with Crippen LogP contribution in [0.1, 0.15) is 24.1 Å². The Labute approximate surface area is 188 Å². The van der Waals surface area contributed by atoms with E-state index in [2.05, 4.69) is 4.98 Å². The average molecular weight is 452 g/mol. The number of hydrogen-bond donors (Lipinski definition) is 2. The number of aliphatic hydroxyl groups excluding tert-OH is 1. The molecule has 0 aliphatic carbocycles. The van der Waals surface area contributed by atoms with E-state index < -0.39 is 17.7 Å². The lowest BCUT2D eigenvalue weighted by atomic mass is 9.95. The highest BCUT2D eigenvalue weighted by Gasteiger charge is 2.48. The van der Waals surface area contributed by atoms with E-state index in [1.807, 2.05) is 0 Å². The molecule has 1 aliphatic rings. The summed E-state index contributed by atoms with van der Waals surface area (Å²) < 4.78 is 10.7. The van der Waals surface area contributed by atoms with Crippen LogP contribution in [-0.2, 0) is 9.59 Å². The third-order valence-corrected chi connectivity index (χ3v) is 5.78. The molecule has 1 aromatic heterocycles. The smallest absolute Gasteiger partial charge is 0.301 e. The summed E-state index contributed by atoms with van der Waals surface area (Å²) in [6, 6.07) is 10.2. The van der Waals surface area contributed by atoms with Gasteiger partial charge in [0.2, 0.25) is 0 Å². The minimum atomic E-state index is -0.966. The molecule has 0 bridgehead atoms. The van der Waals surface area contributed by atoms with Crippen LogP contribution in [0.15, 0.2) is 59.6 Å². The van der Waals surface area contributed by atoms with Gasteiger partial charge >= 0.3 is 5.91 Å². The van der Waals surface area contributed by atoms with Crippen molar-refractivity contribution in [2.24, 2.45) is 0 Å². The summed E-state index contributed by atoms with van der Waals surface area (Å²) in [5, 5.41) is 23.2. The highest BCUT2D eigenvalue weighted by molar-refractivity contribution is 7.14. The van der Waals surface area contributed by atoms with Gasteiger partial charge in [0, 0.05) is 17.1 Å². The van der Waals surface area contributed by atoms with Gasteiger partial charge in [-0.2, -0.15) is 0 Å². The Bertz CT molecular complexity index is 1200. The number of anilines is 1. The first-order chi connectivity index (χ1) is 15.5. The lowest BCUT2D eigenvalue weighted by molar-refractivity contribution is -0.132. The molecule has 1 atom stereocenters. The Balaban J connectivity index is 1.94. The van der Waals surface area contributed by atoms with Crippen molar-refractivity contribution in [2.45, 2.75) is 13.0 Å². The number of ketones is 1. The molecule has 9 heteroatoms. The number of carbonyl (C=O) groups excluding carboxylic acids is 2. The van der Waals surface area contributed by atoms with Crippen molar-refractivity contribution in [3.8, 4) is 17.2 Å². The van der Waals surface area contributed by atoms with Gasteiger partial charge in [-0.25, -0.2) is 4.98 Å². The lowest BCUT2D eigenvalue weighted by Crippen LogP contribution is -2.29. The van der Waals surface area contributed by atoms with Crippen LogP contribution in [0.2, 0.25) is 0 Å². The summed E-state index contributed by atoms with van der Waals surface area (Å²) in [6.07, 6.45) is 1.53. The molecule has 1 aliphatic heterocycles. The second-order valence-electron chi connectivity index (χ2n) is 6.88. The Morgan fingerprint density at radius 3 is 2.72 bits per heavy atom. The van der Waals surface area contributed by atoms with Crippen LogP contribution in [0.5, 0.6) is 17.2 Å². The van der Waals surface area contributed by atoms with E-state index >= 15 is 0 Å². The molecule has 0 spiro atoms. The fourth-order valence-corrected chi connectivity index (χ4v) is 4.24. The third-order valence-electron chi connectivity index (χ3n) is 5.01.